The van der Waals surface area contributed by atoms with E-state index in [2.05, 4.69) is 10.2 Å². The van der Waals surface area contributed by atoms with E-state index < -0.39 is 5.25 Å². The van der Waals surface area contributed by atoms with Crippen LogP contribution in [0.5, 0.6) is 11.5 Å². The lowest BCUT2D eigenvalue weighted by Gasteiger charge is -2.19. The summed E-state index contributed by atoms with van der Waals surface area (Å²) in [6.45, 7) is 7.72. The monoisotopic (exact) mass is 570 g/mol. The van der Waals surface area contributed by atoms with Crippen molar-refractivity contribution in [3.8, 4) is 17.2 Å². The zero-order valence-electron chi connectivity index (χ0n) is 22.0. The average molecular weight is 571 g/mol. The lowest BCUT2D eigenvalue weighted by atomic mass is 10.1. The van der Waals surface area contributed by atoms with E-state index in [4.69, 9.17) is 21.1 Å². The molecule has 11 heteroatoms. The molecular weight excluding hydrogens is 543 g/mol. The molecule has 1 heterocycles. The second-order valence-electron chi connectivity index (χ2n) is 8.94. The Labute approximate surface area is 235 Å². The van der Waals surface area contributed by atoms with Crippen LogP contribution in [0.1, 0.15) is 40.3 Å². The number of rotatable bonds is 11. The summed E-state index contributed by atoms with van der Waals surface area (Å²) in [5.74, 6) is 0.920. The van der Waals surface area contributed by atoms with Crippen LogP contribution >= 0.6 is 23.4 Å². The molecule has 0 N–H and O–H groups in total. The number of nitro groups is 1. The Morgan fingerprint density at radius 3 is 2.56 bits per heavy atom. The fourth-order valence-corrected chi connectivity index (χ4v) is 5.44. The number of aryl methyl sites for hydroxylation is 3. The molecule has 0 saturated carbocycles. The van der Waals surface area contributed by atoms with Gasteiger partial charge in [0.15, 0.2) is 16.7 Å². The highest BCUT2D eigenvalue weighted by Crippen LogP contribution is 2.43. The minimum Gasteiger partial charge on any atom is -0.490 e. The smallest absolute Gasteiger partial charge is 0.220 e. The topological polar surface area (TPSA) is 92.3 Å². The van der Waals surface area contributed by atoms with Crippen LogP contribution in [0, 0.1) is 36.7 Å². The summed E-state index contributed by atoms with van der Waals surface area (Å²) in [7, 11) is 0. The summed E-state index contributed by atoms with van der Waals surface area (Å²) in [6.07, 6.45) is 0. The van der Waals surface area contributed by atoms with Crippen LogP contribution in [0.4, 0.5) is 4.39 Å². The number of nitrogens with zero attached hydrogens (tertiary/aromatic N) is 4. The Hall–Kier alpha value is -3.63. The van der Waals surface area contributed by atoms with Gasteiger partial charge in [0.05, 0.1) is 11.6 Å². The predicted octanol–water partition coefficient (Wildman–Crippen LogP) is 7.07. The Balaban J connectivity index is 1.68. The van der Waals surface area contributed by atoms with Gasteiger partial charge in [-0.2, -0.15) is 0 Å². The molecule has 39 heavy (non-hydrogen) atoms. The van der Waals surface area contributed by atoms with E-state index in [0.717, 1.165) is 16.8 Å². The highest BCUT2D eigenvalue weighted by atomic mass is 35.5. The third kappa shape index (κ3) is 6.88. The van der Waals surface area contributed by atoms with Gasteiger partial charge in [0.25, 0.3) is 0 Å². The first-order valence-corrected chi connectivity index (χ1v) is 13.5. The van der Waals surface area contributed by atoms with E-state index in [1.807, 2.05) is 50.5 Å². The summed E-state index contributed by atoms with van der Waals surface area (Å²) >= 11 is 7.85. The number of hydrogen-bond acceptors (Lipinski definition) is 7. The second-order valence-corrected chi connectivity index (χ2v) is 10.5. The first kappa shape index (κ1) is 28.4. The zero-order chi connectivity index (χ0) is 28.1. The third-order valence-electron chi connectivity index (χ3n) is 6.08. The first-order valence-electron chi connectivity index (χ1n) is 12.3. The summed E-state index contributed by atoms with van der Waals surface area (Å²) in [6, 6.07) is 15.4. The lowest BCUT2D eigenvalue weighted by molar-refractivity contribution is -0.479. The van der Waals surface area contributed by atoms with E-state index in [1.54, 1.807) is 24.3 Å². The quantitative estimate of drug-likeness (QED) is 0.108. The van der Waals surface area contributed by atoms with Gasteiger partial charge in [-0.1, -0.05) is 41.6 Å². The number of ether oxygens (including phenoxy) is 2. The maximum absolute atomic E-state index is 13.6. The van der Waals surface area contributed by atoms with Crippen molar-refractivity contribution in [3.05, 3.63) is 104 Å². The van der Waals surface area contributed by atoms with Crippen molar-refractivity contribution in [1.82, 2.24) is 14.8 Å². The molecule has 204 valence electrons. The maximum Gasteiger partial charge on any atom is 0.220 e. The van der Waals surface area contributed by atoms with Crippen LogP contribution in [0.15, 0.2) is 59.8 Å². The molecule has 0 amide bonds. The standard InChI is InChI=1S/C28H28ClFN4O4S/c1-5-37-25-14-21(13-24(29)27(25)38-16-20-7-6-8-22(30)12-20)26(15-33(35)36)39-28-32-31-19(4)34(28)23-10-9-17(2)18(3)11-23/h6-14,26H,5,15-16H2,1-4H3/t26-/m1/s1. The van der Waals surface area contributed by atoms with Crippen LogP contribution in [-0.2, 0) is 6.61 Å². The van der Waals surface area contributed by atoms with Gasteiger partial charge < -0.3 is 9.47 Å². The molecule has 0 spiro atoms. The fraction of sp³-hybridized carbons (Fsp3) is 0.286. The highest BCUT2D eigenvalue weighted by Gasteiger charge is 2.26. The number of aromatic nitrogens is 3. The molecule has 0 aliphatic heterocycles. The normalized spacial score (nSPS) is 11.8. The van der Waals surface area contributed by atoms with Crippen molar-refractivity contribution in [2.24, 2.45) is 0 Å². The minimum absolute atomic E-state index is 0.0718. The first-order chi connectivity index (χ1) is 18.7. The van der Waals surface area contributed by atoms with E-state index >= 15 is 0 Å². The Bertz CT molecular complexity index is 1500. The van der Waals surface area contributed by atoms with Gasteiger partial charge in [-0.3, -0.25) is 14.7 Å². The van der Waals surface area contributed by atoms with Crippen molar-refractivity contribution in [2.75, 3.05) is 13.2 Å². The van der Waals surface area contributed by atoms with Crippen LogP contribution in [0.2, 0.25) is 5.02 Å². The molecule has 1 aromatic heterocycles. The molecule has 3 aromatic carbocycles. The number of thioether (sulfide) groups is 1. The van der Waals surface area contributed by atoms with Gasteiger partial charge in [0.2, 0.25) is 6.54 Å². The highest BCUT2D eigenvalue weighted by molar-refractivity contribution is 7.99. The van der Waals surface area contributed by atoms with Crippen LogP contribution in [0.3, 0.4) is 0 Å². The Kier molecular flexibility index (Phi) is 9.08. The van der Waals surface area contributed by atoms with E-state index in [-0.39, 0.29) is 34.7 Å². The SMILES string of the molecule is CCOc1cc([C@@H](C[N+](=O)[O-])Sc2nnc(C)n2-c2ccc(C)c(C)c2)cc(Cl)c1OCc1cccc(F)c1. The lowest BCUT2D eigenvalue weighted by Crippen LogP contribution is -2.12. The van der Waals surface area contributed by atoms with E-state index in [1.165, 1.54) is 23.9 Å². The molecule has 0 aliphatic carbocycles. The molecule has 0 bridgehead atoms. The molecule has 0 saturated heterocycles. The van der Waals surface area contributed by atoms with Gasteiger partial charge in [-0.15, -0.1) is 10.2 Å². The Morgan fingerprint density at radius 2 is 1.87 bits per heavy atom. The summed E-state index contributed by atoms with van der Waals surface area (Å²) in [5.41, 5.74) is 4.34. The van der Waals surface area contributed by atoms with Gasteiger partial charge in [0, 0.05) is 10.6 Å². The fourth-order valence-electron chi connectivity index (χ4n) is 4.01. The van der Waals surface area contributed by atoms with Crippen LogP contribution in [0.25, 0.3) is 5.69 Å². The minimum atomic E-state index is -0.650. The van der Waals surface area contributed by atoms with E-state index in [0.29, 0.717) is 34.5 Å². The van der Waals surface area contributed by atoms with Crippen molar-refractivity contribution in [1.29, 1.82) is 0 Å². The molecule has 4 rings (SSSR count). The van der Waals surface area contributed by atoms with Crippen molar-refractivity contribution in [3.63, 3.8) is 0 Å². The molecule has 1 atom stereocenters. The zero-order valence-corrected chi connectivity index (χ0v) is 23.6. The Morgan fingerprint density at radius 1 is 1.08 bits per heavy atom. The molecule has 0 aliphatic rings. The molecule has 4 aromatic rings. The van der Waals surface area contributed by atoms with Gasteiger partial charge in [-0.25, -0.2) is 4.39 Å². The van der Waals surface area contributed by atoms with Crippen molar-refractivity contribution in [2.45, 2.75) is 44.7 Å². The number of halogens is 2. The molecule has 0 fully saturated rings. The summed E-state index contributed by atoms with van der Waals surface area (Å²) in [4.78, 5) is 11.3. The third-order valence-corrected chi connectivity index (χ3v) is 7.54. The van der Waals surface area contributed by atoms with Gasteiger partial charge in [0.1, 0.15) is 23.5 Å². The molecule has 8 nitrogen and oxygen atoms in total. The van der Waals surface area contributed by atoms with Crippen LogP contribution in [-0.4, -0.2) is 32.8 Å². The molecule has 0 radical (unpaired) electrons. The summed E-state index contributed by atoms with van der Waals surface area (Å²) in [5, 5.41) is 20.3. The second kappa shape index (κ2) is 12.5. The average Bonchev–Trinajstić information content (AvgIpc) is 3.24. The molecular formula is C28H28ClFN4O4S. The largest absolute Gasteiger partial charge is 0.490 e. The molecule has 0 unspecified atom stereocenters. The van der Waals surface area contributed by atoms with Gasteiger partial charge in [-0.05, 0) is 86.3 Å². The summed E-state index contributed by atoms with van der Waals surface area (Å²) < 4.78 is 27.2. The van der Waals surface area contributed by atoms with Crippen LogP contribution < -0.4 is 9.47 Å². The van der Waals surface area contributed by atoms with Crippen molar-refractivity contribution < 1.29 is 18.8 Å². The maximum atomic E-state index is 13.6. The predicted molar refractivity (Wildman–Crippen MR) is 149 cm³/mol. The van der Waals surface area contributed by atoms with E-state index in [9.17, 15) is 14.5 Å². The number of hydrogen-bond donors (Lipinski definition) is 0. The number of benzene rings is 3. The van der Waals surface area contributed by atoms with Crippen molar-refractivity contribution >= 4 is 23.4 Å². The van der Waals surface area contributed by atoms with Gasteiger partial charge >= 0.3 is 0 Å².